The van der Waals surface area contributed by atoms with Gasteiger partial charge in [-0.1, -0.05) is 186 Å². The highest BCUT2D eigenvalue weighted by Crippen LogP contribution is 2.45. The summed E-state index contributed by atoms with van der Waals surface area (Å²) in [7, 11) is 0. The van der Waals surface area contributed by atoms with Crippen LogP contribution in [-0.2, 0) is 25.7 Å². The maximum Gasteiger partial charge on any atom is 0.0255 e. The fraction of sp³-hybridized carbons (Fsp3) is 0.216. The Balaban J connectivity index is 1.16. The van der Waals surface area contributed by atoms with E-state index in [1.807, 2.05) is 0 Å². The molecule has 0 heterocycles. The molecule has 9 rings (SSSR count). The van der Waals surface area contributed by atoms with Crippen molar-refractivity contribution in [2.45, 2.75) is 105 Å². The van der Waals surface area contributed by atoms with Gasteiger partial charge in [0, 0.05) is 44.5 Å². The van der Waals surface area contributed by atoms with Gasteiger partial charge in [0.05, 0.1) is 0 Å². The van der Waals surface area contributed by atoms with Crippen LogP contribution in [-0.4, -0.2) is 0 Å². The molecule has 0 unspecified atom stereocenters. The molecule has 0 N–H and O–H groups in total. The number of rotatable bonds is 14. The van der Waals surface area contributed by atoms with Crippen LogP contribution in [0.2, 0.25) is 0 Å². The topological polar surface area (TPSA) is 0 Å². The molecule has 0 atom stereocenters. The smallest absolute Gasteiger partial charge is 0.0255 e. The minimum absolute atomic E-state index is 0.967. The van der Waals surface area contributed by atoms with E-state index in [9.17, 15) is 0 Å². The quantitative estimate of drug-likeness (QED) is 0.0753. The van der Waals surface area contributed by atoms with Crippen molar-refractivity contribution >= 4 is 21.5 Å². The van der Waals surface area contributed by atoms with Crippen LogP contribution in [0.5, 0.6) is 0 Å². The Bertz CT molecular complexity index is 3350. The zero-order valence-electron chi connectivity index (χ0n) is 43.8. The first-order valence-corrected chi connectivity index (χ1v) is 27.1. The van der Waals surface area contributed by atoms with Gasteiger partial charge in [0.25, 0.3) is 0 Å². The zero-order valence-corrected chi connectivity index (χ0v) is 43.8. The maximum absolute atomic E-state index is 3.55. The van der Waals surface area contributed by atoms with Crippen molar-refractivity contribution in [3.63, 3.8) is 0 Å². The number of aryl methyl sites for hydroxylation is 4. The summed E-state index contributed by atoms with van der Waals surface area (Å²) in [6.45, 7) is 8.95. The van der Waals surface area contributed by atoms with Gasteiger partial charge in [0.1, 0.15) is 0 Å². The van der Waals surface area contributed by atoms with Crippen LogP contribution >= 0.6 is 0 Å². The van der Waals surface area contributed by atoms with E-state index in [0.29, 0.717) is 0 Å². The highest BCUT2D eigenvalue weighted by Gasteiger charge is 2.19. The molecule has 74 heavy (non-hydrogen) atoms. The Kier molecular flexibility index (Phi) is 17.4. The molecule has 0 nitrogen and oxygen atoms in total. The Morgan fingerprint density at radius 3 is 0.689 bits per heavy atom. The third kappa shape index (κ3) is 13.2. The predicted octanol–water partition coefficient (Wildman–Crippen LogP) is 18.3. The number of benzene rings is 9. The highest BCUT2D eigenvalue weighted by atomic mass is 14.2. The molecule has 9 aromatic rings. The van der Waals surface area contributed by atoms with E-state index in [1.165, 1.54) is 84.7 Å². The standard InChI is InChI=1S/C74H66/c1-5-9-13-55-17-25-59(26-18-55)33-35-63-41-47-67(48-42-63)73-69-51-45-65(39-37-61-29-21-57(22-30-61)15-11-7-3)53-71(69)72-54-66(40-38-62-31-23-58(24-32-62)16-12-8-4)46-52-70(72)74(73)68-49-43-64(44-50-68)36-34-60-27-19-56(20-28-60)14-10-6-2/h17-32,41-54H,5-16H2,1-4H3. The normalized spacial score (nSPS) is 10.6. The lowest BCUT2D eigenvalue weighted by atomic mass is 9.84. The molecule has 0 aromatic heterocycles. The minimum atomic E-state index is 0.967. The molecule has 0 fully saturated rings. The van der Waals surface area contributed by atoms with Crippen molar-refractivity contribution in [2.75, 3.05) is 0 Å². The second-order valence-electron chi connectivity index (χ2n) is 19.6. The molecule has 0 aliphatic heterocycles. The molecule has 9 aromatic carbocycles. The highest BCUT2D eigenvalue weighted by molar-refractivity contribution is 6.22. The first-order valence-electron chi connectivity index (χ1n) is 27.1. The van der Waals surface area contributed by atoms with Gasteiger partial charge < -0.3 is 0 Å². The molecule has 0 saturated heterocycles. The van der Waals surface area contributed by atoms with Crippen LogP contribution in [0.25, 0.3) is 43.8 Å². The molecule has 0 spiro atoms. The third-order valence-electron chi connectivity index (χ3n) is 14.0. The van der Waals surface area contributed by atoms with E-state index < -0.39 is 0 Å². The molecule has 0 radical (unpaired) electrons. The molecule has 0 aliphatic carbocycles. The van der Waals surface area contributed by atoms with E-state index in [4.69, 9.17) is 0 Å². The summed E-state index contributed by atoms with van der Waals surface area (Å²) >= 11 is 0. The lowest BCUT2D eigenvalue weighted by Gasteiger charge is -2.19. The van der Waals surface area contributed by atoms with Crippen LogP contribution in [0.15, 0.2) is 182 Å². The van der Waals surface area contributed by atoms with Crippen molar-refractivity contribution in [3.8, 4) is 69.6 Å². The first-order chi connectivity index (χ1) is 36.5. The minimum Gasteiger partial charge on any atom is -0.0654 e. The van der Waals surface area contributed by atoms with Crippen molar-refractivity contribution in [3.05, 3.63) is 249 Å². The summed E-state index contributed by atoms with van der Waals surface area (Å²) in [5, 5.41) is 4.58. The van der Waals surface area contributed by atoms with Gasteiger partial charge in [-0.2, -0.15) is 0 Å². The molecule has 0 bridgehead atoms. The molecule has 0 amide bonds. The predicted molar refractivity (Wildman–Crippen MR) is 316 cm³/mol. The summed E-state index contributed by atoms with van der Waals surface area (Å²) in [6.07, 6.45) is 14.0. The number of unbranched alkanes of at least 4 members (excludes halogenated alkanes) is 4. The van der Waals surface area contributed by atoms with Crippen LogP contribution in [0.4, 0.5) is 0 Å². The maximum atomic E-state index is 3.55. The summed E-state index contributed by atoms with van der Waals surface area (Å²) < 4.78 is 0. The largest absolute Gasteiger partial charge is 0.0654 e. The van der Waals surface area contributed by atoms with Gasteiger partial charge in [-0.3, -0.25) is 0 Å². The number of hydrogen-bond acceptors (Lipinski definition) is 0. The van der Waals surface area contributed by atoms with Gasteiger partial charge in [-0.05, 0) is 214 Å². The molecular weight excluding hydrogens is 889 g/mol. The van der Waals surface area contributed by atoms with Gasteiger partial charge in [-0.25, -0.2) is 0 Å². The van der Waals surface area contributed by atoms with Gasteiger partial charge in [-0.15, -0.1) is 0 Å². The summed E-state index contributed by atoms with van der Waals surface area (Å²) in [4.78, 5) is 0. The van der Waals surface area contributed by atoms with E-state index in [1.54, 1.807) is 0 Å². The Hall–Kier alpha value is -8.26. The third-order valence-corrected chi connectivity index (χ3v) is 14.0. The fourth-order valence-corrected chi connectivity index (χ4v) is 9.56. The summed E-state index contributed by atoms with van der Waals surface area (Å²) in [6, 6.07) is 66.0. The average molecular weight is 955 g/mol. The zero-order chi connectivity index (χ0) is 50.9. The van der Waals surface area contributed by atoms with E-state index in [-0.39, 0.29) is 0 Å². The van der Waals surface area contributed by atoms with E-state index >= 15 is 0 Å². The van der Waals surface area contributed by atoms with Crippen LogP contribution in [0.3, 0.4) is 0 Å². The number of hydrogen-bond donors (Lipinski definition) is 0. The van der Waals surface area contributed by atoms with Crippen molar-refractivity contribution in [2.24, 2.45) is 0 Å². The molecular formula is C74H66. The van der Waals surface area contributed by atoms with Crippen LogP contribution < -0.4 is 0 Å². The Morgan fingerprint density at radius 1 is 0.230 bits per heavy atom. The molecule has 0 aliphatic rings. The Labute approximate surface area is 442 Å². The lowest BCUT2D eigenvalue weighted by molar-refractivity contribution is 0.795. The van der Waals surface area contributed by atoms with Gasteiger partial charge >= 0.3 is 0 Å². The lowest BCUT2D eigenvalue weighted by Crippen LogP contribution is -1.94. The number of fused-ring (bicyclic) bond motifs is 3. The van der Waals surface area contributed by atoms with Gasteiger partial charge in [0.15, 0.2) is 0 Å². The summed E-state index contributed by atoms with van der Waals surface area (Å²) in [5.41, 5.74) is 18.0. The Morgan fingerprint density at radius 2 is 0.446 bits per heavy atom. The second-order valence-corrected chi connectivity index (χ2v) is 19.6. The van der Waals surface area contributed by atoms with E-state index in [0.717, 1.165) is 103 Å². The molecule has 0 saturated carbocycles. The molecule has 0 heteroatoms. The SMILES string of the molecule is CCCCc1ccc(C#Cc2ccc(-c3c(-c4ccc(C#Cc5ccc(CCCC)cc5)cc4)c4ccc(C#Cc5ccc(CCCC)cc5)cc4c4cc(C#Cc5ccc(CCCC)cc5)ccc34)cc2)cc1. The fourth-order valence-electron chi connectivity index (χ4n) is 9.56. The van der Waals surface area contributed by atoms with Crippen molar-refractivity contribution in [1.82, 2.24) is 0 Å². The van der Waals surface area contributed by atoms with Crippen LogP contribution in [0.1, 0.15) is 146 Å². The van der Waals surface area contributed by atoms with E-state index in [2.05, 4.69) is 257 Å². The van der Waals surface area contributed by atoms with Crippen molar-refractivity contribution < 1.29 is 0 Å². The summed E-state index contributed by atoms with van der Waals surface area (Å²) in [5.74, 6) is 27.8. The van der Waals surface area contributed by atoms with Crippen molar-refractivity contribution in [1.29, 1.82) is 0 Å². The molecule has 362 valence electrons. The second kappa shape index (κ2) is 25.4. The monoisotopic (exact) mass is 955 g/mol. The van der Waals surface area contributed by atoms with Gasteiger partial charge in [0.2, 0.25) is 0 Å². The van der Waals surface area contributed by atoms with Crippen LogP contribution in [0, 0.1) is 47.4 Å². The first kappa shape index (κ1) is 50.7. The average Bonchev–Trinajstić information content (AvgIpc) is 3.45.